The third-order valence-corrected chi connectivity index (χ3v) is 5.47. The molecule has 124 valence electrons. The van der Waals surface area contributed by atoms with Crippen LogP contribution in [0.5, 0.6) is 0 Å². The van der Waals surface area contributed by atoms with Gasteiger partial charge in [-0.05, 0) is 26.3 Å². The summed E-state index contributed by atoms with van der Waals surface area (Å²) in [4.78, 5) is 21.5. The number of aromatic nitrogens is 5. The molecule has 6 nitrogen and oxygen atoms in total. The number of imidazole rings is 1. The lowest BCUT2D eigenvalue weighted by Gasteiger charge is -2.32. The van der Waals surface area contributed by atoms with E-state index in [4.69, 9.17) is 4.98 Å². The lowest BCUT2D eigenvalue weighted by molar-refractivity contribution is 0.199. The normalized spacial score (nSPS) is 18.8. The minimum atomic E-state index is 0.433. The van der Waals surface area contributed by atoms with E-state index in [2.05, 4.69) is 26.8 Å². The molecule has 1 atom stereocenters. The quantitative estimate of drug-likeness (QED) is 0.731. The van der Waals surface area contributed by atoms with Crippen molar-refractivity contribution in [1.29, 1.82) is 0 Å². The lowest BCUT2D eigenvalue weighted by atomic mass is 9.95. The number of piperidine rings is 1. The van der Waals surface area contributed by atoms with E-state index in [0.29, 0.717) is 5.92 Å². The van der Waals surface area contributed by atoms with E-state index in [0.717, 1.165) is 36.8 Å². The number of thiazole rings is 1. The molecule has 24 heavy (non-hydrogen) atoms. The molecule has 0 bridgehead atoms. The summed E-state index contributed by atoms with van der Waals surface area (Å²) in [7, 11) is 0. The van der Waals surface area contributed by atoms with Gasteiger partial charge in [0, 0.05) is 42.5 Å². The van der Waals surface area contributed by atoms with Crippen molar-refractivity contribution >= 4 is 11.3 Å². The maximum Gasteiger partial charge on any atom is 0.156 e. The average molecular weight is 340 g/mol. The second-order valence-corrected chi connectivity index (χ2v) is 7.15. The molecule has 4 rings (SSSR count). The van der Waals surface area contributed by atoms with E-state index in [9.17, 15) is 0 Å². The van der Waals surface area contributed by atoms with Crippen LogP contribution in [0, 0.1) is 6.92 Å². The van der Waals surface area contributed by atoms with Gasteiger partial charge in [0.25, 0.3) is 0 Å². The minimum absolute atomic E-state index is 0.433. The van der Waals surface area contributed by atoms with Gasteiger partial charge in [-0.25, -0.2) is 15.0 Å². The molecule has 1 aliphatic rings. The van der Waals surface area contributed by atoms with E-state index in [1.54, 1.807) is 30.1 Å². The molecule has 1 saturated heterocycles. The van der Waals surface area contributed by atoms with Gasteiger partial charge in [0.05, 0.1) is 23.1 Å². The third kappa shape index (κ3) is 3.22. The zero-order chi connectivity index (χ0) is 16.4. The van der Waals surface area contributed by atoms with Crippen LogP contribution in [0.2, 0.25) is 0 Å². The van der Waals surface area contributed by atoms with Crippen LogP contribution in [-0.2, 0) is 6.54 Å². The number of nitrogens with zero attached hydrogens (tertiary/aromatic N) is 6. The molecule has 0 unspecified atom stereocenters. The first-order valence-corrected chi connectivity index (χ1v) is 9.09. The van der Waals surface area contributed by atoms with E-state index in [1.165, 1.54) is 17.7 Å². The van der Waals surface area contributed by atoms with E-state index < -0.39 is 0 Å². The smallest absolute Gasteiger partial charge is 0.156 e. The van der Waals surface area contributed by atoms with Crippen LogP contribution >= 0.6 is 11.3 Å². The van der Waals surface area contributed by atoms with Crippen LogP contribution in [0.4, 0.5) is 0 Å². The van der Waals surface area contributed by atoms with Crippen molar-refractivity contribution in [2.45, 2.75) is 32.2 Å². The van der Waals surface area contributed by atoms with Crippen LogP contribution < -0.4 is 0 Å². The minimum Gasteiger partial charge on any atom is -0.298 e. The Bertz CT molecular complexity index is 797. The number of aryl methyl sites for hydroxylation is 1. The highest BCUT2D eigenvalue weighted by molar-refractivity contribution is 7.09. The van der Waals surface area contributed by atoms with Crippen molar-refractivity contribution in [3.63, 3.8) is 0 Å². The maximum absolute atomic E-state index is 4.81. The Morgan fingerprint density at radius 1 is 1.29 bits per heavy atom. The van der Waals surface area contributed by atoms with E-state index in [1.807, 2.05) is 22.5 Å². The fourth-order valence-electron chi connectivity index (χ4n) is 3.21. The Hall–Kier alpha value is -2.12. The summed E-state index contributed by atoms with van der Waals surface area (Å²) in [5.41, 5.74) is 4.17. The summed E-state index contributed by atoms with van der Waals surface area (Å²) in [5, 5.41) is 0. The van der Waals surface area contributed by atoms with Crippen LogP contribution in [0.15, 0.2) is 36.6 Å². The van der Waals surface area contributed by atoms with Gasteiger partial charge in [-0.3, -0.25) is 14.5 Å². The lowest BCUT2D eigenvalue weighted by Crippen LogP contribution is -2.34. The topological polar surface area (TPSA) is 59.7 Å². The standard InChI is InChI=1S/C17H20N6S/c1-13-16(24-12-20-13)10-22-5-2-3-14(9-22)15-7-19-8-17(21-15)23-6-4-18-11-23/h4,6-8,11-12,14H,2-3,5,9-10H2,1H3/t14-/m0/s1. The number of hydrogen-bond donors (Lipinski definition) is 0. The molecule has 3 aromatic rings. The molecular weight excluding hydrogens is 320 g/mol. The van der Waals surface area contributed by atoms with Gasteiger partial charge in [0.1, 0.15) is 6.33 Å². The summed E-state index contributed by atoms with van der Waals surface area (Å²) in [6, 6.07) is 0. The summed E-state index contributed by atoms with van der Waals surface area (Å²) in [6.45, 7) is 5.25. The molecule has 0 radical (unpaired) electrons. The van der Waals surface area contributed by atoms with Crippen molar-refractivity contribution in [3.8, 4) is 5.82 Å². The number of likely N-dealkylation sites (tertiary alicyclic amines) is 1. The molecule has 0 aliphatic carbocycles. The monoisotopic (exact) mass is 340 g/mol. The predicted octanol–water partition coefficient (Wildman–Crippen LogP) is 2.81. The summed E-state index contributed by atoms with van der Waals surface area (Å²) in [5.74, 6) is 1.27. The van der Waals surface area contributed by atoms with E-state index in [-0.39, 0.29) is 0 Å². The van der Waals surface area contributed by atoms with Gasteiger partial charge in [-0.2, -0.15) is 0 Å². The molecule has 0 aromatic carbocycles. The van der Waals surface area contributed by atoms with Crippen molar-refractivity contribution in [3.05, 3.63) is 52.9 Å². The first kappa shape index (κ1) is 15.4. The highest BCUT2D eigenvalue weighted by Crippen LogP contribution is 2.27. The van der Waals surface area contributed by atoms with Gasteiger partial charge in [0.15, 0.2) is 5.82 Å². The Kier molecular flexibility index (Phi) is 4.36. The molecule has 1 fully saturated rings. The maximum atomic E-state index is 4.81. The molecule has 3 aromatic heterocycles. The Labute approximate surface area is 145 Å². The highest BCUT2D eigenvalue weighted by atomic mass is 32.1. The molecule has 0 amide bonds. The third-order valence-electron chi connectivity index (χ3n) is 4.55. The zero-order valence-corrected chi connectivity index (χ0v) is 14.5. The van der Waals surface area contributed by atoms with Crippen LogP contribution in [0.1, 0.15) is 35.0 Å². The fraction of sp³-hybridized carbons (Fsp3) is 0.412. The number of hydrogen-bond acceptors (Lipinski definition) is 6. The fourth-order valence-corrected chi connectivity index (χ4v) is 4.03. The first-order valence-electron chi connectivity index (χ1n) is 8.21. The molecule has 0 saturated carbocycles. The predicted molar refractivity (Wildman–Crippen MR) is 93.3 cm³/mol. The van der Waals surface area contributed by atoms with Crippen LogP contribution in [0.25, 0.3) is 5.82 Å². The first-order chi connectivity index (χ1) is 11.8. The van der Waals surface area contributed by atoms with Gasteiger partial charge in [-0.15, -0.1) is 11.3 Å². The SMILES string of the molecule is Cc1ncsc1CN1CCC[C@H](c2cncc(-n3ccnc3)n2)C1. The largest absolute Gasteiger partial charge is 0.298 e. The molecule has 0 spiro atoms. The molecule has 1 aliphatic heterocycles. The summed E-state index contributed by atoms with van der Waals surface area (Å²) >= 11 is 1.75. The highest BCUT2D eigenvalue weighted by Gasteiger charge is 2.23. The Morgan fingerprint density at radius 3 is 3.04 bits per heavy atom. The van der Waals surface area contributed by atoms with Gasteiger partial charge in [0.2, 0.25) is 0 Å². The van der Waals surface area contributed by atoms with Gasteiger partial charge >= 0.3 is 0 Å². The van der Waals surface area contributed by atoms with Crippen molar-refractivity contribution in [1.82, 2.24) is 29.4 Å². The molecule has 7 heteroatoms. The summed E-state index contributed by atoms with van der Waals surface area (Å²) < 4.78 is 1.90. The molecule has 4 heterocycles. The van der Waals surface area contributed by atoms with Crippen LogP contribution in [-0.4, -0.2) is 42.5 Å². The van der Waals surface area contributed by atoms with Gasteiger partial charge in [-0.1, -0.05) is 0 Å². The van der Waals surface area contributed by atoms with Crippen molar-refractivity contribution in [2.75, 3.05) is 13.1 Å². The van der Waals surface area contributed by atoms with Crippen LogP contribution in [0.3, 0.4) is 0 Å². The average Bonchev–Trinajstić information content (AvgIpc) is 3.28. The summed E-state index contributed by atoms with van der Waals surface area (Å²) in [6.07, 6.45) is 11.5. The zero-order valence-electron chi connectivity index (χ0n) is 13.7. The van der Waals surface area contributed by atoms with E-state index >= 15 is 0 Å². The van der Waals surface area contributed by atoms with Crippen molar-refractivity contribution in [2.24, 2.45) is 0 Å². The second-order valence-electron chi connectivity index (χ2n) is 6.21. The Balaban J connectivity index is 1.50. The van der Waals surface area contributed by atoms with Crippen molar-refractivity contribution < 1.29 is 0 Å². The number of rotatable bonds is 4. The second kappa shape index (κ2) is 6.78. The molecule has 0 N–H and O–H groups in total. The van der Waals surface area contributed by atoms with Gasteiger partial charge < -0.3 is 0 Å². The Morgan fingerprint density at radius 2 is 2.25 bits per heavy atom. The molecular formula is C17H20N6S.